The number of piperidine rings is 1. The molecule has 2 N–H and O–H groups in total. The molecule has 3 fully saturated rings. The number of hydrogen-bond donors (Lipinski definition) is 2. The quantitative estimate of drug-likeness (QED) is 0.584. The Morgan fingerprint density at radius 2 is 2.03 bits per heavy atom. The molecule has 4 heterocycles. The monoisotopic (exact) mass is 482 g/mol. The summed E-state index contributed by atoms with van der Waals surface area (Å²) in [7, 11) is 0. The molecule has 36 heavy (non-hydrogen) atoms. The summed E-state index contributed by atoms with van der Waals surface area (Å²) in [5.74, 6) is 0. The van der Waals surface area contributed by atoms with Crippen LogP contribution in [0.2, 0.25) is 0 Å². The zero-order valence-corrected chi connectivity index (χ0v) is 20.9. The van der Waals surface area contributed by atoms with Crippen molar-refractivity contribution in [3.05, 3.63) is 65.9 Å². The lowest BCUT2D eigenvalue weighted by atomic mass is 9.91. The Morgan fingerprint density at radius 3 is 2.83 bits per heavy atom. The molecule has 3 saturated heterocycles. The highest BCUT2D eigenvalue weighted by Gasteiger charge is 2.37. The van der Waals surface area contributed by atoms with Gasteiger partial charge in [-0.1, -0.05) is 12.1 Å². The van der Waals surface area contributed by atoms with Crippen LogP contribution in [0.15, 0.2) is 54.7 Å². The molecule has 4 atom stereocenters. The van der Waals surface area contributed by atoms with Gasteiger partial charge in [0.25, 0.3) is 0 Å². The average Bonchev–Trinajstić information content (AvgIpc) is 2.93. The second-order valence-electron chi connectivity index (χ2n) is 10.3. The molecule has 0 bridgehead atoms. The van der Waals surface area contributed by atoms with Crippen LogP contribution in [-0.4, -0.2) is 67.3 Å². The van der Waals surface area contributed by atoms with Crippen molar-refractivity contribution in [2.24, 2.45) is 0 Å². The van der Waals surface area contributed by atoms with Crippen molar-refractivity contribution in [1.29, 1.82) is 5.26 Å². The SMILES string of the molecule is C[C@@H]1CN(c2ccc(C#N)c3ncccc23)C[C@@H]2C[C@H](Nc3ccc(C4CNCCO4)cc3)CCN21. The van der Waals surface area contributed by atoms with Crippen LogP contribution in [-0.2, 0) is 4.74 Å². The topological polar surface area (TPSA) is 76.5 Å². The van der Waals surface area contributed by atoms with E-state index in [1.54, 1.807) is 6.20 Å². The van der Waals surface area contributed by atoms with E-state index in [1.807, 2.05) is 12.1 Å². The zero-order valence-electron chi connectivity index (χ0n) is 20.9. The van der Waals surface area contributed by atoms with Crippen LogP contribution < -0.4 is 15.5 Å². The Labute approximate surface area is 213 Å². The van der Waals surface area contributed by atoms with Crippen LogP contribution in [0.25, 0.3) is 10.9 Å². The van der Waals surface area contributed by atoms with E-state index >= 15 is 0 Å². The van der Waals surface area contributed by atoms with Crippen molar-refractivity contribution in [3.63, 3.8) is 0 Å². The highest BCUT2D eigenvalue weighted by Crippen LogP contribution is 2.34. The summed E-state index contributed by atoms with van der Waals surface area (Å²) in [5.41, 5.74) is 5.05. The van der Waals surface area contributed by atoms with E-state index in [4.69, 9.17) is 4.74 Å². The van der Waals surface area contributed by atoms with Crippen molar-refractivity contribution >= 4 is 22.3 Å². The molecule has 186 valence electrons. The first-order valence-corrected chi connectivity index (χ1v) is 13.2. The molecule has 3 aliphatic heterocycles. The Kier molecular flexibility index (Phi) is 6.49. The fourth-order valence-electron chi connectivity index (χ4n) is 6.24. The number of hydrogen-bond acceptors (Lipinski definition) is 7. The van der Waals surface area contributed by atoms with Crippen molar-refractivity contribution in [3.8, 4) is 6.07 Å². The molecule has 3 aromatic rings. The molecule has 0 amide bonds. The molecule has 6 rings (SSSR count). The molecule has 1 unspecified atom stereocenters. The van der Waals surface area contributed by atoms with Crippen LogP contribution in [0.1, 0.15) is 37.0 Å². The number of fused-ring (bicyclic) bond motifs is 2. The highest BCUT2D eigenvalue weighted by molar-refractivity contribution is 5.95. The molecule has 0 aliphatic carbocycles. The summed E-state index contributed by atoms with van der Waals surface area (Å²) in [5, 5.41) is 17.8. The first-order valence-electron chi connectivity index (χ1n) is 13.2. The Morgan fingerprint density at radius 1 is 1.14 bits per heavy atom. The van der Waals surface area contributed by atoms with Crippen molar-refractivity contribution in [2.45, 2.75) is 44.0 Å². The van der Waals surface area contributed by atoms with Crippen LogP contribution >= 0.6 is 0 Å². The fraction of sp³-hybridized carbons (Fsp3) is 0.448. The van der Waals surface area contributed by atoms with Crippen LogP contribution in [0, 0.1) is 11.3 Å². The molecule has 7 heteroatoms. The van der Waals surface area contributed by atoms with Gasteiger partial charge in [0, 0.05) is 73.8 Å². The number of pyridine rings is 1. The number of rotatable bonds is 4. The third kappa shape index (κ3) is 4.53. The van der Waals surface area contributed by atoms with E-state index in [1.165, 1.54) is 16.9 Å². The van der Waals surface area contributed by atoms with E-state index in [9.17, 15) is 5.26 Å². The second-order valence-corrected chi connectivity index (χ2v) is 10.3. The number of anilines is 2. The van der Waals surface area contributed by atoms with Gasteiger partial charge in [0.05, 0.1) is 23.8 Å². The number of nitrogens with zero attached hydrogens (tertiary/aromatic N) is 4. The molecule has 7 nitrogen and oxygen atoms in total. The van der Waals surface area contributed by atoms with Gasteiger partial charge in [0.2, 0.25) is 0 Å². The van der Waals surface area contributed by atoms with Crippen LogP contribution in [0.3, 0.4) is 0 Å². The molecular weight excluding hydrogens is 448 g/mol. The minimum atomic E-state index is 0.152. The summed E-state index contributed by atoms with van der Waals surface area (Å²) in [4.78, 5) is 9.72. The zero-order chi connectivity index (χ0) is 24.5. The number of ether oxygens (including phenoxy) is 1. The largest absolute Gasteiger partial charge is 0.382 e. The molecule has 0 spiro atoms. The van der Waals surface area contributed by atoms with E-state index in [0.717, 1.165) is 63.1 Å². The van der Waals surface area contributed by atoms with Gasteiger partial charge in [-0.05, 0) is 61.7 Å². The standard InChI is InChI=1S/C29H34N6O/c1-20-18-34(27-9-6-22(16-30)29-26(27)3-2-11-32-29)19-25-15-24(10-13-35(20)25)33-23-7-4-21(5-8-23)28-17-31-12-14-36-28/h2-9,11,20,24-25,28,31,33H,10,12-15,17-19H2,1H3/t20-,24-,25+,28?/m1/s1. The molecule has 2 aromatic carbocycles. The van der Waals surface area contributed by atoms with Crippen LogP contribution in [0.5, 0.6) is 0 Å². The number of aromatic nitrogens is 1. The molecule has 1 aromatic heterocycles. The van der Waals surface area contributed by atoms with Crippen molar-refractivity contribution in [1.82, 2.24) is 15.2 Å². The smallest absolute Gasteiger partial charge is 0.101 e. The summed E-state index contributed by atoms with van der Waals surface area (Å²) in [6, 6.07) is 20.6. The predicted molar refractivity (Wildman–Crippen MR) is 143 cm³/mol. The van der Waals surface area contributed by atoms with Gasteiger partial charge in [-0.2, -0.15) is 5.26 Å². The van der Waals surface area contributed by atoms with E-state index in [2.05, 4.69) is 74.8 Å². The van der Waals surface area contributed by atoms with Crippen LogP contribution in [0.4, 0.5) is 11.4 Å². The van der Waals surface area contributed by atoms with Crippen molar-refractivity contribution < 1.29 is 4.74 Å². The summed E-state index contributed by atoms with van der Waals surface area (Å²) < 4.78 is 5.90. The third-order valence-electron chi connectivity index (χ3n) is 8.03. The van der Waals surface area contributed by atoms with Gasteiger partial charge in [-0.25, -0.2) is 0 Å². The van der Waals surface area contributed by atoms with Gasteiger partial charge in [-0.3, -0.25) is 9.88 Å². The maximum absolute atomic E-state index is 9.54. The minimum absolute atomic E-state index is 0.152. The number of benzene rings is 2. The Balaban J connectivity index is 1.16. The highest BCUT2D eigenvalue weighted by atomic mass is 16.5. The summed E-state index contributed by atoms with van der Waals surface area (Å²) >= 11 is 0. The van der Waals surface area contributed by atoms with Gasteiger partial charge in [0.15, 0.2) is 0 Å². The first kappa shape index (κ1) is 23.2. The predicted octanol–water partition coefficient (Wildman–Crippen LogP) is 3.92. The van der Waals surface area contributed by atoms with Gasteiger partial charge >= 0.3 is 0 Å². The lowest BCUT2D eigenvalue weighted by molar-refractivity contribution is 0.0277. The lowest BCUT2D eigenvalue weighted by Gasteiger charge is -2.50. The minimum Gasteiger partial charge on any atom is -0.382 e. The maximum Gasteiger partial charge on any atom is 0.101 e. The third-order valence-corrected chi connectivity index (χ3v) is 8.03. The maximum atomic E-state index is 9.54. The summed E-state index contributed by atoms with van der Waals surface area (Å²) in [6.45, 7) is 8.03. The summed E-state index contributed by atoms with van der Waals surface area (Å²) in [6.07, 6.45) is 4.20. The van der Waals surface area contributed by atoms with E-state index in [-0.39, 0.29) is 6.10 Å². The lowest BCUT2D eigenvalue weighted by Crippen LogP contribution is -2.61. The second kappa shape index (κ2) is 10.1. The Hall–Kier alpha value is -3.18. The van der Waals surface area contributed by atoms with Gasteiger partial charge in [-0.15, -0.1) is 0 Å². The van der Waals surface area contributed by atoms with E-state index < -0.39 is 0 Å². The molecule has 0 radical (unpaired) electrons. The number of nitriles is 1. The Bertz CT molecular complexity index is 1250. The van der Waals surface area contributed by atoms with E-state index in [0.29, 0.717) is 23.7 Å². The molecule has 3 aliphatic rings. The number of morpholine rings is 1. The first-order chi connectivity index (χ1) is 17.7. The number of nitrogens with one attached hydrogen (secondary N) is 2. The average molecular weight is 483 g/mol. The van der Waals surface area contributed by atoms with Gasteiger partial charge in [0.1, 0.15) is 6.07 Å². The van der Waals surface area contributed by atoms with Crippen molar-refractivity contribution in [2.75, 3.05) is 49.5 Å². The molecule has 0 saturated carbocycles. The normalized spacial score (nSPS) is 26.8. The van der Waals surface area contributed by atoms with Gasteiger partial charge < -0.3 is 20.3 Å². The fourth-order valence-corrected chi connectivity index (χ4v) is 6.24. The number of piperazine rings is 1. The molecular formula is C29H34N6O.